The lowest BCUT2D eigenvalue weighted by Gasteiger charge is -2.31. The van der Waals surface area contributed by atoms with Crippen LogP contribution in [-0.2, 0) is 24.3 Å². The fourth-order valence-electron chi connectivity index (χ4n) is 3.33. The molecule has 1 heterocycles. The van der Waals surface area contributed by atoms with Crippen LogP contribution in [0.2, 0.25) is 0 Å². The highest BCUT2D eigenvalue weighted by atomic mass is 32.2. The molecular weight excluding hydrogens is 394 g/mol. The van der Waals surface area contributed by atoms with Crippen molar-refractivity contribution in [2.45, 2.75) is 51.3 Å². The lowest BCUT2D eigenvalue weighted by Crippen LogP contribution is -2.32. The van der Waals surface area contributed by atoms with E-state index in [0.717, 1.165) is 38.0 Å². The fourth-order valence-corrected chi connectivity index (χ4v) is 4.82. The largest absolute Gasteiger partial charge is 0.456 e. The topological polar surface area (TPSA) is 96.0 Å². The minimum Gasteiger partial charge on any atom is -0.456 e. The number of hydrogen-bond donors (Lipinski definition) is 1. The number of ether oxygens (including phenoxy) is 1. The van der Waals surface area contributed by atoms with Crippen molar-refractivity contribution in [2.75, 3.05) is 43.0 Å². The summed E-state index contributed by atoms with van der Waals surface area (Å²) >= 11 is 0. The molecule has 1 aromatic rings. The molecule has 1 aliphatic rings. The summed E-state index contributed by atoms with van der Waals surface area (Å²) in [4.78, 5) is 25.9. The van der Waals surface area contributed by atoms with Gasteiger partial charge in [0.2, 0.25) is 10.0 Å². The van der Waals surface area contributed by atoms with Crippen molar-refractivity contribution in [3.63, 3.8) is 0 Å². The van der Waals surface area contributed by atoms with Crippen molar-refractivity contribution in [3.8, 4) is 0 Å². The third-order valence-corrected chi connectivity index (χ3v) is 6.98. The molecule has 0 spiro atoms. The SMILES string of the molecule is CCC(=O)OCC(=O)Nc1cc(S(=O)(=O)N(CC)CC)ccc1N1CCCCC1. The molecule has 1 amide bonds. The fraction of sp³-hybridized carbons (Fsp3) is 0.600. The second-order valence-corrected chi connectivity index (χ2v) is 8.82. The first-order valence-corrected chi connectivity index (χ1v) is 11.6. The predicted octanol–water partition coefficient (Wildman–Crippen LogP) is 2.60. The Labute approximate surface area is 173 Å². The molecule has 0 unspecified atom stereocenters. The van der Waals surface area contributed by atoms with Gasteiger partial charge in [-0.25, -0.2) is 8.42 Å². The van der Waals surface area contributed by atoms with Crippen LogP contribution >= 0.6 is 0 Å². The molecule has 1 saturated heterocycles. The number of anilines is 2. The van der Waals surface area contributed by atoms with Gasteiger partial charge < -0.3 is 15.0 Å². The zero-order valence-electron chi connectivity index (χ0n) is 17.4. The highest BCUT2D eigenvalue weighted by molar-refractivity contribution is 7.89. The molecule has 1 N–H and O–H groups in total. The third-order valence-electron chi connectivity index (χ3n) is 4.93. The molecule has 1 fully saturated rings. The normalized spacial score (nSPS) is 14.7. The molecule has 0 bridgehead atoms. The maximum Gasteiger partial charge on any atom is 0.306 e. The Morgan fingerprint density at radius 1 is 1.10 bits per heavy atom. The van der Waals surface area contributed by atoms with Crippen LogP contribution in [0.15, 0.2) is 23.1 Å². The predicted molar refractivity (Wildman–Crippen MR) is 112 cm³/mol. The molecule has 9 heteroatoms. The lowest BCUT2D eigenvalue weighted by molar-refractivity contribution is -0.146. The standard InChI is InChI=1S/C20H31N3O5S/c1-4-20(25)28-15-19(24)21-17-14-16(29(26,27)23(5-2)6-3)10-11-18(17)22-12-8-7-9-13-22/h10-11,14H,4-9,12-13,15H2,1-3H3,(H,21,24). The molecule has 1 aromatic carbocycles. The maximum atomic E-state index is 12.9. The summed E-state index contributed by atoms with van der Waals surface area (Å²) in [7, 11) is -3.66. The first kappa shape index (κ1) is 23.2. The number of rotatable bonds is 9. The van der Waals surface area contributed by atoms with Gasteiger partial charge in [-0.15, -0.1) is 0 Å². The van der Waals surface area contributed by atoms with Crippen LogP contribution in [0.4, 0.5) is 11.4 Å². The van der Waals surface area contributed by atoms with Crippen molar-refractivity contribution in [1.29, 1.82) is 0 Å². The molecule has 0 aromatic heterocycles. The minimum atomic E-state index is -3.66. The summed E-state index contributed by atoms with van der Waals surface area (Å²) in [5.74, 6) is -0.961. The molecule has 0 radical (unpaired) electrons. The Morgan fingerprint density at radius 3 is 2.34 bits per heavy atom. The van der Waals surface area contributed by atoms with E-state index < -0.39 is 28.5 Å². The summed E-state index contributed by atoms with van der Waals surface area (Å²) in [5, 5.41) is 2.73. The van der Waals surface area contributed by atoms with E-state index in [1.54, 1.807) is 32.9 Å². The van der Waals surface area contributed by atoms with Crippen molar-refractivity contribution < 1.29 is 22.7 Å². The third kappa shape index (κ3) is 5.93. The van der Waals surface area contributed by atoms with Gasteiger partial charge in [-0.05, 0) is 37.5 Å². The van der Waals surface area contributed by atoms with Crippen LogP contribution in [-0.4, -0.2) is 57.4 Å². The number of sulfonamides is 1. The van der Waals surface area contributed by atoms with Crippen LogP contribution in [0.1, 0.15) is 46.5 Å². The highest BCUT2D eigenvalue weighted by Crippen LogP contribution is 2.32. The number of nitrogens with zero attached hydrogens (tertiary/aromatic N) is 2. The van der Waals surface area contributed by atoms with E-state index in [1.165, 1.54) is 10.4 Å². The second-order valence-electron chi connectivity index (χ2n) is 6.88. The van der Waals surface area contributed by atoms with Crippen LogP contribution < -0.4 is 10.2 Å². The van der Waals surface area contributed by atoms with Gasteiger partial charge in [0.05, 0.1) is 16.3 Å². The summed E-state index contributed by atoms with van der Waals surface area (Å²) in [6.45, 7) is 7.23. The number of carbonyl (C=O) groups excluding carboxylic acids is 2. The summed E-state index contributed by atoms with van der Waals surface area (Å²) in [6, 6.07) is 4.83. The van der Waals surface area contributed by atoms with Crippen molar-refractivity contribution >= 4 is 33.3 Å². The molecule has 2 rings (SSSR count). The van der Waals surface area contributed by atoms with E-state index in [-0.39, 0.29) is 11.3 Å². The van der Waals surface area contributed by atoms with Crippen molar-refractivity contribution in [3.05, 3.63) is 18.2 Å². The molecule has 0 aliphatic carbocycles. The average Bonchev–Trinajstić information content (AvgIpc) is 2.73. The van der Waals surface area contributed by atoms with Gasteiger partial charge in [0, 0.05) is 32.6 Å². The van der Waals surface area contributed by atoms with Gasteiger partial charge in [-0.1, -0.05) is 20.8 Å². The number of esters is 1. The monoisotopic (exact) mass is 425 g/mol. The molecular formula is C20H31N3O5S. The zero-order valence-corrected chi connectivity index (χ0v) is 18.3. The Kier molecular flexibility index (Phi) is 8.45. The van der Waals surface area contributed by atoms with E-state index in [0.29, 0.717) is 18.8 Å². The average molecular weight is 426 g/mol. The molecule has 29 heavy (non-hydrogen) atoms. The number of amides is 1. The van der Waals surface area contributed by atoms with Crippen LogP contribution in [0.5, 0.6) is 0 Å². The Bertz CT molecular complexity index is 815. The van der Waals surface area contributed by atoms with E-state index in [2.05, 4.69) is 10.2 Å². The van der Waals surface area contributed by atoms with E-state index in [9.17, 15) is 18.0 Å². The quantitative estimate of drug-likeness (QED) is 0.611. The molecule has 162 valence electrons. The Hall–Kier alpha value is -2.13. The van der Waals surface area contributed by atoms with E-state index >= 15 is 0 Å². The summed E-state index contributed by atoms with van der Waals surface area (Å²) in [5.41, 5.74) is 1.19. The van der Waals surface area contributed by atoms with Crippen LogP contribution in [0.3, 0.4) is 0 Å². The smallest absolute Gasteiger partial charge is 0.306 e. The van der Waals surface area contributed by atoms with Gasteiger partial charge in [0.25, 0.3) is 5.91 Å². The van der Waals surface area contributed by atoms with Crippen molar-refractivity contribution in [2.24, 2.45) is 0 Å². The first-order valence-electron chi connectivity index (χ1n) is 10.2. The maximum absolute atomic E-state index is 12.9. The van der Waals surface area contributed by atoms with Crippen LogP contribution in [0, 0.1) is 0 Å². The van der Waals surface area contributed by atoms with E-state index in [4.69, 9.17) is 4.74 Å². The first-order chi connectivity index (χ1) is 13.8. The number of nitrogens with one attached hydrogen (secondary N) is 1. The summed E-state index contributed by atoms with van der Waals surface area (Å²) < 4.78 is 32.1. The lowest BCUT2D eigenvalue weighted by atomic mass is 10.1. The van der Waals surface area contributed by atoms with Crippen molar-refractivity contribution in [1.82, 2.24) is 4.31 Å². The van der Waals surface area contributed by atoms with Crippen LogP contribution in [0.25, 0.3) is 0 Å². The second kappa shape index (κ2) is 10.6. The Balaban J connectivity index is 2.34. The number of carbonyl (C=O) groups is 2. The molecule has 1 aliphatic heterocycles. The van der Waals surface area contributed by atoms with Gasteiger partial charge in [0.1, 0.15) is 0 Å². The van der Waals surface area contributed by atoms with Gasteiger partial charge in [0.15, 0.2) is 6.61 Å². The van der Waals surface area contributed by atoms with Gasteiger partial charge >= 0.3 is 5.97 Å². The summed E-state index contributed by atoms with van der Waals surface area (Å²) in [6.07, 6.45) is 3.42. The van der Waals surface area contributed by atoms with Gasteiger partial charge in [-0.3, -0.25) is 9.59 Å². The number of piperidine rings is 1. The zero-order chi connectivity index (χ0) is 21.4. The minimum absolute atomic E-state index is 0.128. The van der Waals surface area contributed by atoms with Gasteiger partial charge in [-0.2, -0.15) is 4.31 Å². The van der Waals surface area contributed by atoms with E-state index in [1.807, 2.05) is 0 Å². The molecule has 0 saturated carbocycles. The number of hydrogen-bond acceptors (Lipinski definition) is 6. The highest BCUT2D eigenvalue weighted by Gasteiger charge is 2.24. The molecule has 8 nitrogen and oxygen atoms in total. The Morgan fingerprint density at radius 2 is 1.76 bits per heavy atom. The number of benzene rings is 1. The molecule has 0 atom stereocenters.